The zero-order valence-electron chi connectivity index (χ0n) is 15.4. The maximum absolute atomic E-state index is 12.6. The molecule has 0 aromatic carbocycles. The SMILES string of the molecule is CCCCC[C@@H](C)NC(=O)CN1CCN(S(=O)(=O)c2ccc(Cl)s2)CC1. The van der Waals surface area contributed by atoms with E-state index in [1.54, 1.807) is 12.1 Å². The van der Waals surface area contributed by atoms with Gasteiger partial charge in [0.25, 0.3) is 10.0 Å². The van der Waals surface area contributed by atoms with Crippen molar-refractivity contribution in [2.24, 2.45) is 0 Å². The van der Waals surface area contributed by atoms with Gasteiger partial charge in [-0.25, -0.2) is 8.42 Å². The van der Waals surface area contributed by atoms with Crippen LogP contribution in [0.2, 0.25) is 4.34 Å². The van der Waals surface area contributed by atoms with Crippen molar-refractivity contribution in [1.29, 1.82) is 0 Å². The average Bonchev–Trinajstić information content (AvgIpc) is 3.03. The molecule has 0 aliphatic carbocycles. The topological polar surface area (TPSA) is 69.7 Å². The van der Waals surface area contributed by atoms with Gasteiger partial charge in [0, 0.05) is 32.2 Å². The Morgan fingerprint density at radius 1 is 1.27 bits per heavy atom. The van der Waals surface area contributed by atoms with Crippen molar-refractivity contribution in [2.75, 3.05) is 32.7 Å². The first kappa shape index (κ1) is 21.6. The van der Waals surface area contributed by atoms with Crippen LogP contribution in [0.3, 0.4) is 0 Å². The Hall–Kier alpha value is -0.670. The maximum Gasteiger partial charge on any atom is 0.252 e. The molecule has 0 radical (unpaired) electrons. The quantitative estimate of drug-likeness (QED) is 0.622. The fourth-order valence-corrected chi connectivity index (χ4v) is 6.05. The maximum atomic E-state index is 12.6. The van der Waals surface area contributed by atoms with Gasteiger partial charge in [-0.1, -0.05) is 37.8 Å². The van der Waals surface area contributed by atoms with E-state index >= 15 is 0 Å². The molecule has 0 saturated carbocycles. The monoisotopic (exact) mass is 421 g/mol. The average molecular weight is 422 g/mol. The number of hydrogen-bond donors (Lipinski definition) is 1. The number of nitrogens with one attached hydrogen (secondary N) is 1. The van der Waals surface area contributed by atoms with E-state index in [4.69, 9.17) is 11.6 Å². The van der Waals surface area contributed by atoms with E-state index in [1.807, 2.05) is 11.8 Å². The van der Waals surface area contributed by atoms with E-state index in [0.29, 0.717) is 37.1 Å². The van der Waals surface area contributed by atoms with Gasteiger partial charge < -0.3 is 5.32 Å². The summed E-state index contributed by atoms with van der Waals surface area (Å²) in [5.41, 5.74) is 0. The Kier molecular flexibility index (Phi) is 8.35. The van der Waals surface area contributed by atoms with Gasteiger partial charge in [-0.2, -0.15) is 4.31 Å². The summed E-state index contributed by atoms with van der Waals surface area (Å²) in [6, 6.07) is 3.32. The number of sulfonamides is 1. The molecule has 0 unspecified atom stereocenters. The summed E-state index contributed by atoms with van der Waals surface area (Å²) in [4.78, 5) is 14.2. The Morgan fingerprint density at radius 3 is 2.54 bits per heavy atom. The highest BCUT2D eigenvalue weighted by Crippen LogP contribution is 2.28. The first-order valence-electron chi connectivity index (χ1n) is 9.10. The predicted molar refractivity (Wildman–Crippen MR) is 106 cm³/mol. The lowest BCUT2D eigenvalue weighted by Crippen LogP contribution is -2.51. The number of thiophene rings is 1. The number of hydrogen-bond acceptors (Lipinski definition) is 5. The summed E-state index contributed by atoms with van der Waals surface area (Å²) < 4.78 is 27.4. The summed E-state index contributed by atoms with van der Waals surface area (Å²) in [5.74, 6) is 0.00958. The molecule has 6 nitrogen and oxygen atoms in total. The van der Waals surface area contributed by atoms with Crippen LogP contribution in [0.5, 0.6) is 0 Å². The molecule has 1 saturated heterocycles. The normalized spacial score (nSPS) is 18.0. The van der Waals surface area contributed by atoms with Gasteiger partial charge in [0.1, 0.15) is 4.21 Å². The van der Waals surface area contributed by atoms with Gasteiger partial charge in [0.15, 0.2) is 0 Å². The first-order chi connectivity index (χ1) is 12.3. The van der Waals surface area contributed by atoms with Gasteiger partial charge in [-0.15, -0.1) is 11.3 Å². The number of piperazine rings is 1. The summed E-state index contributed by atoms with van der Waals surface area (Å²) in [7, 11) is -3.48. The van der Waals surface area contributed by atoms with Gasteiger partial charge >= 0.3 is 0 Å². The summed E-state index contributed by atoms with van der Waals surface area (Å²) in [5, 5.41) is 3.03. The molecular weight excluding hydrogens is 394 g/mol. The van der Waals surface area contributed by atoms with Crippen LogP contribution >= 0.6 is 22.9 Å². The smallest absolute Gasteiger partial charge is 0.252 e. The zero-order valence-corrected chi connectivity index (χ0v) is 17.8. The van der Waals surface area contributed by atoms with E-state index in [1.165, 1.54) is 17.1 Å². The highest BCUT2D eigenvalue weighted by molar-refractivity contribution is 7.91. The molecule has 1 N–H and O–H groups in total. The van der Waals surface area contributed by atoms with Gasteiger partial charge in [0.2, 0.25) is 5.91 Å². The number of amides is 1. The van der Waals surface area contributed by atoms with E-state index in [9.17, 15) is 13.2 Å². The minimum absolute atomic E-state index is 0.00958. The molecule has 1 aliphatic heterocycles. The van der Waals surface area contributed by atoms with Crippen LogP contribution < -0.4 is 5.32 Å². The molecule has 1 fully saturated rings. The van der Waals surface area contributed by atoms with Crippen LogP contribution in [0, 0.1) is 0 Å². The fraction of sp³-hybridized carbons (Fsp3) is 0.706. The van der Waals surface area contributed by atoms with Gasteiger partial charge in [0.05, 0.1) is 10.9 Å². The van der Waals surface area contributed by atoms with Crippen LogP contribution in [-0.2, 0) is 14.8 Å². The molecule has 1 amide bonds. The third kappa shape index (κ3) is 6.20. The number of carbonyl (C=O) groups excluding carboxylic acids is 1. The Bertz CT molecular complexity index is 685. The second-order valence-electron chi connectivity index (χ2n) is 6.70. The summed E-state index contributed by atoms with van der Waals surface area (Å²) in [6.45, 7) is 6.39. The number of nitrogens with zero attached hydrogens (tertiary/aromatic N) is 2. The van der Waals surface area contributed by atoms with E-state index in [2.05, 4.69) is 12.2 Å². The molecule has 1 aromatic heterocycles. The highest BCUT2D eigenvalue weighted by Gasteiger charge is 2.30. The molecule has 1 aliphatic rings. The van der Waals surface area contributed by atoms with E-state index < -0.39 is 10.0 Å². The number of unbranched alkanes of at least 4 members (excludes halogenated alkanes) is 2. The molecule has 148 valence electrons. The molecule has 26 heavy (non-hydrogen) atoms. The van der Waals surface area contributed by atoms with Crippen molar-refractivity contribution in [3.05, 3.63) is 16.5 Å². The largest absolute Gasteiger partial charge is 0.353 e. The van der Waals surface area contributed by atoms with Crippen LogP contribution in [0.1, 0.15) is 39.5 Å². The molecule has 0 bridgehead atoms. The van der Waals surface area contributed by atoms with Crippen molar-refractivity contribution < 1.29 is 13.2 Å². The van der Waals surface area contributed by atoms with Crippen LogP contribution in [0.4, 0.5) is 0 Å². The van der Waals surface area contributed by atoms with Crippen LogP contribution in [0.15, 0.2) is 16.3 Å². The Morgan fingerprint density at radius 2 is 1.96 bits per heavy atom. The van der Waals surface area contributed by atoms with Crippen molar-refractivity contribution in [2.45, 2.75) is 49.8 Å². The summed E-state index contributed by atoms with van der Waals surface area (Å²) in [6.07, 6.45) is 4.48. The molecular formula is C17H28ClN3O3S2. The molecule has 1 aromatic rings. The van der Waals surface area contributed by atoms with E-state index in [-0.39, 0.29) is 16.2 Å². The highest BCUT2D eigenvalue weighted by atomic mass is 35.5. The predicted octanol–water partition coefficient (Wildman–Crippen LogP) is 2.79. The standard InChI is InChI=1S/C17H28ClN3O3S2/c1-3-4-5-6-14(2)19-16(22)13-20-9-11-21(12-10-20)26(23,24)17-8-7-15(18)25-17/h7-8,14H,3-6,9-13H2,1-2H3,(H,19,22)/t14-/m1/s1. The first-order valence-corrected chi connectivity index (χ1v) is 11.7. The molecule has 2 rings (SSSR count). The lowest BCUT2D eigenvalue weighted by molar-refractivity contribution is -0.123. The lowest BCUT2D eigenvalue weighted by atomic mass is 10.1. The van der Waals surface area contributed by atoms with Gasteiger partial charge in [-0.05, 0) is 25.5 Å². The number of carbonyl (C=O) groups is 1. The fourth-order valence-electron chi connectivity index (χ4n) is 2.99. The Labute approximate surface area is 165 Å². The molecule has 1 atom stereocenters. The number of rotatable bonds is 9. The van der Waals surface area contributed by atoms with Crippen molar-refractivity contribution in [3.8, 4) is 0 Å². The van der Waals surface area contributed by atoms with Crippen molar-refractivity contribution >= 4 is 38.9 Å². The minimum Gasteiger partial charge on any atom is -0.353 e. The zero-order chi connectivity index (χ0) is 19.2. The van der Waals surface area contributed by atoms with Crippen molar-refractivity contribution in [1.82, 2.24) is 14.5 Å². The lowest BCUT2D eigenvalue weighted by Gasteiger charge is -2.33. The summed E-state index contributed by atoms with van der Waals surface area (Å²) >= 11 is 6.92. The number of halogens is 1. The molecule has 2 heterocycles. The van der Waals surface area contributed by atoms with Gasteiger partial charge in [-0.3, -0.25) is 9.69 Å². The third-order valence-corrected chi connectivity index (χ3v) is 8.09. The van der Waals surface area contributed by atoms with Crippen molar-refractivity contribution in [3.63, 3.8) is 0 Å². The molecule has 9 heteroatoms. The third-order valence-electron chi connectivity index (χ3n) is 4.49. The molecule has 0 spiro atoms. The van der Waals surface area contributed by atoms with Crippen LogP contribution in [0.25, 0.3) is 0 Å². The van der Waals surface area contributed by atoms with Crippen LogP contribution in [-0.4, -0.2) is 62.3 Å². The Balaban J connectivity index is 1.77. The van der Waals surface area contributed by atoms with E-state index in [0.717, 1.165) is 24.2 Å². The second kappa shape index (κ2) is 10.0. The minimum atomic E-state index is -3.48. The second-order valence-corrected chi connectivity index (χ2v) is 10.6.